The average molecular weight is 1160 g/mol. The van der Waals surface area contributed by atoms with E-state index in [1.54, 1.807) is 0 Å². The zero-order chi connectivity index (χ0) is 59.8. The van der Waals surface area contributed by atoms with E-state index in [9.17, 15) is 5.26 Å². The van der Waals surface area contributed by atoms with Crippen LogP contribution in [0.1, 0.15) is 5.56 Å². The van der Waals surface area contributed by atoms with Crippen LogP contribution < -0.4 is 0 Å². The molecule has 0 N–H and O–H groups in total. The van der Waals surface area contributed by atoms with Gasteiger partial charge in [0.1, 0.15) is 11.6 Å². The van der Waals surface area contributed by atoms with E-state index in [1.165, 1.54) is 5.39 Å². The fraction of sp³-hybridized carbons (Fsp3) is 0. The molecule has 0 bridgehead atoms. The SMILES string of the molecule is N#Cc1c(-n2c3ccccc3c3c2ccc2c4ccccc4n(-c4ccccc4)c23)cc(-c2nc(-c3ccccc3)cc(-c3ccccc3)n2)cc1-n1c2ccccc2c2c3c(c4ccccc4n3-c3ccccc3)c3c(c4ccccc4n3-c3ccccc3)c21. The van der Waals surface area contributed by atoms with Crippen molar-refractivity contribution in [2.75, 3.05) is 0 Å². The van der Waals surface area contributed by atoms with Crippen molar-refractivity contribution in [1.82, 2.24) is 32.8 Å². The first-order chi connectivity index (χ1) is 45.2. The third-order valence-electron chi connectivity index (χ3n) is 18.7. The second kappa shape index (κ2) is 19.7. The maximum absolute atomic E-state index is 12.7. The van der Waals surface area contributed by atoms with Gasteiger partial charge in [-0.2, -0.15) is 5.26 Å². The largest absolute Gasteiger partial charge is 0.309 e. The quantitative estimate of drug-likeness (QED) is 0.152. The number of rotatable bonds is 8. The molecule has 0 saturated carbocycles. The summed E-state index contributed by atoms with van der Waals surface area (Å²) >= 11 is 0. The Labute approximate surface area is 521 Å². The van der Waals surface area contributed by atoms with Crippen LogP contribution in [0.15, 0.2) is 303 Å². The Morgan fingerprint density at radius 3 is 1.04 bits per heavy atom. The number of nitrogens with zero attached hydrogens (tertiary/aromatic N) is 8. The Hall–Kier alpha value is -12.6. The molecule has 6 heterocycles. The predicted molar refractivity (Wildman–Crippen MR) is 375 cm³/mol. The highest BCUT2D eigenvalue weighted by Crippen LogP contribution is 2.52. The highest BCUT2D eigenvalue weighted by Gasteiger charge is 2.32. The number of fused-ring (bicyclic) bond motifs is 19. The normalized spacial score (nSPS) is 11.9. The fourth-order valence-corrected chi connectivity index (χ4v) is 15.0. The van der Waals surface area contributed by atoms with Gasteiger partial charge in [-0.3, -0.25) is 0 Å². The second-order valence-corrected chi connectivity index (χ2v) is 23.5. The molecule has 8 nitrogen and oxygen atoms in total. The molecule has 0 radical (unpaired) electrons. The van der Waals surface area contributed by atoms with Gasteiger partial charge in [0.05, 0.1) is 77.9 Å². The maximum atomic E-state index is 12.7. The molecule has 0 atom stereocenters. The van der Waals surface area contributed by atoms with Gasteiger partial charge in [0.2, 0.25) is 0 Å². The highest BCUT2D eigenvalue weighted by molar-refractivity contribution is 6.40. The van der Waals surface area contributed by atoms with Crippen molar-refractivity contribution in [2.45, 2.75) is 0 Å². The minimum atomic E-state index is 0.490. The molecular formula is C83H50N8. The molecule has 0 aliphatic rings. The van der Waals surface area contributed by atoms with E-state index in [-0.39, 0.29) is 0 Å². The number of hydrogen-bond donors (Lipinski definition) is 0. The molecule has 19 rings (SSSR count). The summed E-state index contributed by atoms with van der Waals surface area (Å²) in [7, 11) is 0. The summed E-state index contributed by atoms with van der Waals surface area (Å²) < 4.78 is 12.1. The molecule has 422 valence electrons. The van der Waals surface area contributed by atoms with E-state index in [4.69, 9.17) is 9.97 Å². The van der Waals surface area contributed by atoms with Crippen LogP contribution in [0.5, 0.6) is 0 Å². The molecule has 13 aromatic carbocycles. The molecule has 0 aliphatic carbocycles. The second-order valence-electron chi connectivity index (χ2n) is 23.5. The van der Waals surface area contributed by atoms with Crippen LogP contribution in [0.3, 0.4) is 0 Å². The molecule has 0 aliphatic heterocycles. The third kappa shape index (κ3) is 7.31. The van der Waals surface area contributed by atoms with Crippen molar-refractivity contribution in [3.8, 4) is 68.4 Å². The Bertz CT molecular complexity index is 6110. The van der Waals surface area contributed by atoms with Crippen LogP contribution in [0.2, 0.25) is 0 Å². The van der Waals surface area contributed by atoms with Crippen LogP contribution >= 0.6 is 0 Å². The number of para-hydroxylation sites is 8. The van der Waals surface area contributed by atoms with Gasteiger partial charge in [-0.25, -0.2) is 9.97 Å². The van der Waals surface area contributed by atoms with Gasteiger partial charge in [-0.05, 0) is 91.0 Å². The summed E-state index contributed by atoms with van der Waals surface area (Å²) in [6, 6.07) is 111. The molecule has 6 aromatic heterocycles. The lowest BCUT2D eigenvalue weighted by Gasteiger charge is -2.19. The molecule has 91 heavy (non-hydrogen) atoms. The van der Waals surface area contributed by atoms with Crippen molar-refractivity contribution in [2.24, 2.45) is 0 Å². The lowest BCUT2D eigenvalue weighted by molar-refractivity contribution is 1.11. The van der Waals surface area contributed by atoms with Gasteiger partial charge in [-0.1, -0.05) is 212 Å². The summed E-state index contributed by atoms with van der Waals surface area (Å²) in [6.07, 6.45) is 0. The summed E-state index contributed by atoms with van der Waals surface area (Å²) in [5.74, 6) is 0.526. The van der Waals surface area contributed by atoms with Gasteiger partial charge in [0.25, 0.3) is 0 Å². The van der Waals surface area contributed by atoms with Crippen LogP contribution in [0.4, 0.5) is 0 Å². The van der Waals surface area contributed by atoms with Crippen molar-refractivity contribution < 1.29 is 0 Å². The summed E-state index contributed by atoms with van der Waals surface area (Å²) in [4.78, 5) is 11.2. The fourth-order valence-electron chi connectivity index (χ4n) is 15.0. The molecule has 0 fully saturated rings. The van der Waals surface area contributed by atoms with Gasteiger partial charge in [-0.15, -0.1) is 0 Å². The van der Waals surface area contributed by atoms with Gasteiger partial charge >= 0.3 is 0 Å². The summed E-state index contributed by atoms with van der Waals surface area (Å²) in [5, 5.41) is 23.7. The summed E-state index contributed by atoms with van der Waals surface area (Å²) in [5.41, 5.74) is 19.7. The predicted octanol–water partition coefficient (Wildman–Crippen LogP) is 20.8. The lowest BCUT2D eigenvalue weighted by Crippen LogP contribution is -2.06. The molecule has 0 saturated heterocycles. The zero-order valence-corrected chi connectivity index (χ0v) is 48.9. The number of aromatic nitrogens is 7. The molecule has 8 heteroatoms. The van der Waals surface area contributed by atoms with Crippen LogP contribution in [-0.4, -0.2) is 32.8 Å². The van der Waals surface area contributed by atoms with Crippen molar-refractivity contribution in [1.29, 1.82) is 5.26 Å². The van der Waals surface area contributed by atoms with E-state index in [1.807, 2.05) is 12.1 Å². The molecule has 0 spiro atoms. The Kier molecular flexibility index (Phi) is 11.0. The minimum Gasteiger partial charge on any atom is -0.309 e. The first-order valence-corrected chi connectivity index (χ1v) is 30.8. The first-order valence-electron chi connectivity index (χ1n) is 30.8. The van der Waals surface area contributed by atoms with Gasteiger partial charge in [0, 0.05) is 87.6 Å². The Morgan fingerprint density at radius 1 is 0.253 bits per heavy atom. The average Bonchev–Trinajstić information content (AvgIpc) is 1.52. The van der Waals surface area contributed by atoms with Crippen molar-refractivity contribution in [3.05, 3.63) is 309 Å². The third-order valence-corrected chi connectivity index (χ3v) is 18.7. The van der Waals surface area contributed by atoms with Crippen LogP contribution in [0, 0.1) is 11.3 Å². The van der Waals surface area contributed by atoms with Crippen molar-refractivity contribution in [3.63, 3.8) is 0 Å². The van der Waals surface area contributed by atoms with E-state index in [0.717, 1.165) is 149 Å². The molecular weight excluding hydrogens is 1110 g/mol. The lowest BCUT2D eigenvalue weighted by atomic mass is 10.0. The smallest absolute Gasteiger partial charge is 0.160 e. The molecule has 0 amide bonds. The number of nitriles is 1. The maximum Gasteiger partial charge on any atom is 0.160 e. The van der Waals surface area contributed by atoms with E-state index in [2.05, 4.69) is 320 Å². The minimum absolute atomic E-state index is 0.490. The monoisotopic (exact) mass is 1160 g/mol. The van der Waals surface area contributed by atoms with Crippen molar-refractivity contribution >= 4 is 109 Å². The Morgan fingerprint density at radius 2 is 0.593 bits per heavy atom. The van der Waals surface area contributed by atoms with Crippen LogP contribution in [0.25, 0.3) is 171 Å². The van der Waals surface area contributed by atoms with E-state index < -0.39 is 0 Å². The Balaban J connectivity index is 1.04. The topological polar surface area (TPSA) is 74.2 Å². The number of benzene rings is 13. The van der Waals surface area contributed by atoms with E-state index >= 15 is 0 Å². The number of hydrogen-bond acceptors (Lipinski definition) is 3. The first kappa shape index (κ1) is 50.6. The molecule has 19 aromatic rings. The zero-order valence-electron chi connectivity index (χ0n) is 48.9. The molecule has 0 unspecified atom stereocenters. The standard InChI is InChI=1S/C83H50N8/c84-51-64-73(90-70-44-24-17-37-60(70)75-72(90)47-46-59-58-36-16-21-41-67(58)87(79(59)75)55-30-10-3-11-31-55)48-54(83-85-65(52-26-6-1-7-27-52)50-66(86-83)53-28-8-2-9-29-53)49-74(64)91-71-45-25-20-40-63(71)78-81-76(61-38-18-22-42-68(61)88(81)56-32-12-4-13-33-56)80-77(82(78)91)62-39-19-23-43-69(62)89(80)57-34-14-5-15-35-57/h1-50H. The highest BCUT2D eigenvalue weighted by atomic mass is 15.1. The van der Waals surface area contributed by atoms with Gasteiger partial charge in [0.15, 0.2) is 5.82 Å². The van der Waals surface area contributed by atoms with E-state index in [0.29, 0.717) is 22.8 Å². The van der Waals surface area contributed by atoms with Crippen LogP contribution in [-0.2, 0) is 0 Å². The van der Waals surface area contributed by atoms with Gasteiger partial charge < -0.3 is 22.8 Å². The summed E-state index contributed by atoms with van der Waals surface area (Å²) in [6.45, 7) is 0.